The van der Waals surface area contributed by atoms with E-state index in [2.05, 4.69) is 21.2 Å². The Morgan fingerprint density at radius 3 is 2.44 bits per heavy atom. The van der Waals surface area contributed by atoms with Crippen molar-refractivity contribution in [2.45, 2.75) is 0 Å². The maximum Gasteiger partial charge on any atom is 0.142 e. The summed E-state index contributed by atoms with van der Waals surface area (Å²) >= 11 is 8.77. The molecule has 0 heterocycles. The highest BCUT2D eigenvalue weighted by molar-refractivity contribution is 9.10. The Morgan fingerprint density at radius 2 is 1.78 bits per heavy atom. The Bertz CT molecular complexity index is 554. The number of nitrogens with one attached hydrogen (secondary N) is 1. The minimum atomic E-state index is 0.673. The first-order valence-electron chi connectivity index (χ1n) is 5.40. The monoisotopic (exact) mass is 321 g/mol. The first-order valence-corrected chi connectivity index (χ1v) is 6.61. The van der Waals surface area contributed by atoms with Crippen LogP contribution in [0.3, 0.4) is 0 Å². The minimum absolute atomic E-state index is 0.673. The number of rotatable bonds is 3. The molecule has 0 aromatic heterocycles. The van der Waals surface area contributed by atoms with Crippen LogP contribution in [-0.2, 0) is 0 Å². The van der Waals surface area contributed by atoms with Crippen molar-refractivity contribution in [3.05, 3.63) is 58.6 Å². The van der Waals surface area contributed by atoms with Gasteiger partial charge in [-0.1, -0.05) is 52.4 Å². The van der Waals surface area contributed by atoms with E-state index < -0.39 is 0 Å². The van der Waals surface area contributed by atoms with Crippen molar-refractivity contribution in [3.8, 4) is 5.75 Å². The Kier molecular flexibility index (Phi) is 4.33. The lowest BCUT2D eigenvalue weighted by Crippen LogP contribution is -2.11. The summed E-state index contributed by atoms with van der Waals surface area (Å²) in [6.45, 7) is 0. The molecule has 4 heteroatoms. The molecule has 0 aliphatic rings. The van der Waals surface area contributed by atoms with Gasteiger partial charge in [0.2, 0.25) is 0 Å². The van der Waals surface area contributed by atoms with E-state index in [9.17, 15) is 0 Å². The summed E-state index contributed by atoms with van der Waals surface area (Å²) in [5.74, 6) is 0.775. The van der Waals surface area contributed by atoms with Gasteiger partial charge in [-0.3, -0.25) is 0 Å². The Morgan fingerprint density at radius 1 is 1.11 bits per heavy atom. The van der Waals surface area contributed by atoms with Crippen LogP contribution in [0.5, 0.6) is 5.75 Å². The van der Waals surface area contributed by atoms with Gasteiger partial charge in [0.15, 0.2) is 0 Å². The van der Waals surface area contributed by atoms with Crippen molar-refractivity contribution in [2.75, 3.05) is 12.4 Å². The smallest absolute Gasteiger partial charge is 0.142 e. The third-order valence-electron chi connectivity index (χ3n) is 2.46. The van der Waals surface area contributed by atoms with Crippen LogP contribution in [0.1, 0.15) is 5.56 Å². The summed E-state index contributed by atoms with van der Waals surface area (Å²) in [6, 6.07) is 15.6. The number of benzene rings is 2. The first kappa shape index (κ1) is 13.1. The molecule has 2 aromatic carbocycles. The zero-order valence-electron chi connectivity index (χ0n) is 9.81. The molecule has 2 aromatic rings. The average Bonchev–Trinajstić information content (AvgIpc) is 2.40. The second-order valence-electron chi connectivity index (χ2n) is 3.66. The summed E-state index contributed by atoms with van der Waals surface area (Å²) in [5.41, 5.74) is 1.84. The van der Waals surface area contributed by atoms with Crippen LogP contribution >= 0.6 is 28.1 Å². The molecule has 0 aliphatic carbocycles. The van der Waals surface area contributed by atoms with Crippen molar-refractivity contribution in [2.24, 2.45) is 0 Å². The second kappa shape index (κ2) is 5.98. The van der Waals surface area contributed by atoms with E-state index in [1.807, 2.05) is 48.5 Å². The number of thiocarbonyl (C=S) groups is 1. The SMILES string of the molecule is COc1ccccc1NC(=S)c1ccc(Br)cc1. The quantitative estimate of drug-likeness (QED) is 0.854. The van der Waals surface area contributed by atoms with Gasteiger partial charge in [-0.05, 0) is 24.3 Å². The van der Waals surface area contributed by atoms with Crippen LogP contribution in [0, 0.1) is 0 Å². The molecule has 0 saturated heterocycles. The van der Waals surface area contributed by atoms with Crippen molar-refractivity contribution in [1.82, 2.24) is 0 Å². The fraction of sp³-hybridized carbons (Fsp3) is 0.0714. The van der Waals surface area contributed by atoms with Gasteiger partial charge in [0.25, 0.3) is 0 Å². The topological polar surface area (TPSA) is 21.3 Å². The predicted molar refractivity (Wildman–Crippen MR) is 82.5 cm³/mol. The van der Waals surface area contributed by atoms with Crippen molar-refractivity contribution < 1.29 is 4.74 Å². The lowest BCUT2D eigenvalue weighted by atomic mass is 10.2. The van der Waals surface area contributed by atoms with Gasteiger partial charge in [-0.2, -0.15) is 0 Å². The lowest BCUT2D eigenvalue weighted by Gasteiger charge is -2.11. The number of hydrogen-bond donors (Lipinski definition) is 1. The van der Waals surface area contributed by atoms with Crippen molar-refractivity contribution >= 4 is 38.8 Å². The molecule has 0 bridgehead atoms. The molecule has 0 atom stereocenters. The third kappa shape index (κ3) is 3.09. The van der Waals surface area contributed by atoms with E-state index in [1.165, 1.54) is 0 Å². The van der Waals surface area contributed by atoms with Gasteiger partial charge in [-0.15, -0.1) is 0 Å². The summed E-state index contributed by atoms with van der Waals surface area (Å²) in [5, 5.41) is 3.19. The maximum atomic E-state index is 5.37. The normalized spacial score (nSPS) is 9.89. The Hall–Kier alpha value is -1.39. The minimum Gasteiger partial charge on any atom is -0.495 e. The molecular formula is C14H12BrNOS. The average molecular weight is 322 g/mol. The van der Waals surface area contributed by atoms with E-state index in [-0.39, 0.29) is 0 Å². The molecule has 0 saturated carbocycles. The van der Waals surface area contributed by atoms with E-state index in [0.717, 1.165) is 21.5 Å². The number of ether oxygens (including phenoxy) is 1. The molecule has 2 nitrogen and oxygen atoms in total. The molecule has 1 N–H and O–H groups in total. The largest absolute Gasteiger partial charge is 0.495 e. The number of para-hydroxylation sites is 2. The number of anilines is 1. The molecular weight excluding hydrogens is 310 g/mol. The van der Waals surface area contributed by atoms with Gasteiger partial charge in [0.05, 0.1) is 12.8 Å². The highest BCUT2D eigenvalue weighted by Gasteiger charge is 2.05. The third-order valence-corrected chi connectivity index (χ3v) is 3.33. The highest BCUT2D eigenvalue weighted by atomic mass is 79.9. The van der Waals surface area contributed by atoms with E-state index in [1.54, 1.807) is 7.11 Å². The van der Waals surface area contributed by atoms with Gasteiger partial charge >= 0.3 is 0 Å². The molecule has 0 radical (unpaired) electrons. The Labute approximate surface area is 120 Å². The number of halogens is 1. The van der Waals surface area contributed by atoms with Crippen LogP contribution in [0.25, 0.3) is 0 Å². The second-order valence-corrected chi connectivity index (χ2v) is 4.99. The van der Waals surface area contributed by atoms with E-state index >= 15 is 0 Å². The maximum absolute atomic E-state index is 5.37. The molecule has 0 amide bonds. The van der Waals surface area contributed by atoms with Gasteiger partial charge in [0.1, 0.15) is 10.7 Å². The van der Waals surface area contributed by atoms with Crippen LogP contribution in [-0.4, -0.2) is 12.1 Å². The van der Waals surface area contributed by atoms with Crippen molar-refractivity contribution in [1.29, 1.82) is 0 Å². The standard InChI is InChI=1S/C14H12BrNOS/c1-17-13-5-3-2-4-12(13)16-14(18)10-6-8-11(15)9-7-10/h2-9H,1H3,(H,16,18). The van der Waals surface area contributed by atoms with Crippen LogP contribution in [0.2, 0.25) is 0 Å². The van der Waals surface area contributed by atoms with Crippen LogP contribution in [0.4, 0.5) is 5.69 Å². The number of methoxy groups -OCH3 is 1. The first-order chi connectivity index (χ1) is 8.70. The van der Waals surface area contributed by atoms with Crippen LogP contribution in [0.15, 0.2) is 53.0 Å². The zero-order valence-corrected chi connectivity index (χ0v) is 12.2. The molecule has 0 fully saturated rings. The van der Waals surface area contributed by atoms with E-state index in [0.29, 0.717) is 4.99 Å². The lowest BCUT2D eigenvalue weighted by molar-refractivity contribution is 0.417. The highest BCUT2D eigenvalue weighted by Crippen LogP contribution is 2.24. The fourth-order valence-corrected chi connectivity index (χ4v) is 2.05. The molecule has 0 aliphatic heterocycles. The van der Waals surface area contributed by atoms with Gasteiger partial charge in [-0.25, -0.2) is 0 Å². The molecule has 0 spiro atoms. The molecule has 92 valence electrons. The zero-order chi connectivity index (χ0) is 13.0. The summed E-state index contributed by atoms with van der Waals surface area (Å²) < 4.78 is 6.31. The summed E-state index contributed by atoms with van der Waals surface area (Å²) in [6.07, 6.45) is 0. The Balaban J connectivity index is 2.18. The predicted octanol–water partition coefficient (Wildman–Crippen LogP) is 4.25. The molecule has 0 unspecified atom stereocenters. The van der Waals surface area contributed by atoms with Gasteiger partial charge < -0.3 is 10.1 Å². The number of hydrogen-bond acceptors (Lipinski definition) is 2. The van der Waals surface area contributed by atoms with E-state index in [4.69, 9.17) is 17.0 Å². The molecule has 18 heavy (non-hydrogen) atoms. The van der Waals surface area contributed by atoms with Gasteiger partial charge in [0, 0.05) is 10.0 Å². The summed E-state index contributed by atoms with van der Waals surface area (Å²) in [4.78, 5) is 0.673. The summed E-state index contributed by atoms with van der Waals surface area (Å²) in [7, 11) is 1.64. The molecule has 2 rings (SSSR count). The fourth-order valence-electron chi connectivity index (χ4n) is 1.54. The van der Waals surface area contributed by atoms with Crippen LogP contribution < -0.4 is 10.1 Å². The van der Waals surface area contributed by atoms with Crippen molar-refractivity contribution in [3.63, 3.8) is 0 Å².